The van der Waals surface area contributed by atoms with E-state index in [9.17, 15) is 10.2 Å². The molecule has 0 aliphatic rings. The number of aromatic hydroxyl groups is 2. The molecule has 0 bridgehead atoms. The average molecular weight is 317 g/mol. The van der Waals surface area contributed by atoms with Crippen LogP contribution in [0, 0.1) is 0 Å². The van der Waals surface area contributed by atoms with Gasteiger partial charge in [-0.2, -0.15) is 0 Å². The highest BCUT2D eigenvalue weighted by molar-refractivity contribution is 5.85. The molecule has 6 N–H and O–H groups in total. The predicted molar refractivity (Wildman–Crippen MR) is 84.6 cm³/mol. The molecule has 2 aromatic rings. The summed E-state index contributed by atoms with van der Waals surface area (Å²) in [6.45, 7) is 0. The highest BCUT2D eigenvalue weighted by Gasteiger charge is 2.17. The fraction of sp³-hybridized carbons (Fsp3) is 0.143. The van der Waals surface area contributed by atoms with Crippen molar-refractivity contribution in [2.75, 3.05) is 0 Å². The van der Waals surface area contributed by atoms with Crippen LogP contribution in [0.25, 0.3) is 0 Å². The Balaban J connectivity index is 0.00000180. The number of hydrogen-bond acceptors (Lipinski definition) is 4. The van der Waals surface area contributed by atoms with E-state index in [0.717, 1.165) is 11.1 Å². The van der Waals surface area contributed by atoms with Gasteiger partial charge in [0.1, 0.15) is 11.5 Å². The second-order valence-corrected chi connectivity index (χ2v) is 4.23. The third-order valence-corrected chi connectivity index (χ3v) is 2.94. The van der Waals surface area contributed by atoms with Crippen molar-refractivity contribution in [3.05, 3.63) is 59.7 Å². The zero-order valence-corrected chi connectivity index (χ0v) is 12.3. The molecule has 4 nitrogen and oxygen atoms in total. The molecule has 0 radical (unpaired) electrons. The van der Waals surface area contributed by atoms with Gasteiger partial charge in [-0.15, -0.1) is 24.8 Å². The van der Waals surface area contributed by atoms with Gasteiger partial charge in [0.25, 0.3) is 0 Å². The molecule has 110 valence electrons. The fourth-order valence-electron chi connectivity index (χ4n) is 1.81. The van der Waals surface area contributed by atoms with E-state index < -0.39 is 0 Å². The molecular weight excluding hydrogens is 299 g/mol. The van der Waals surface area contributed by atoms with Gasteiger partial charge in [0.05, 0.1) is 0 Å². The second kappa shape index (κ2) is 7.97. The van der Waals surface area contributed by atoms with Crippen molar-refractivity contribution < 1.29 is 10.2 Å². The number of nitrogens with two attached hydrogens (primary N) is 2. The van der Waals surface area contributed by atoms with E-state index in [2.05, 4.69) is 0 Å². The maximum Gasteiger partial charge on any atom is 0.115 e. The Bertz CT molecular complexity index is 468. The first kappa shape index (κ1) is 18.5. The molecule has 0 heterocycles. The van der Waals surface area contributed by atoms with Crippen molar-refractivity contribution in [1.82, 2.24) is 0 Å². The van der Waals surface area contributed by atoms with Crippen molar-refractivity contribution in [3.63, 3.8) is 0 Å². The predicted octanol–water partition coefficient (Wildman–Crippen LogP) is 2.64. The smallest absolute Gasteiger partial charge is 0.115 e. The zero-order chi connectivity index (χ0) is 13.1. The normalized spacial score (nSPS) is 12.7. The van der Waals surface area contributed by atoms with E-state index in [1.165, 1.54) is 0 Å². The largest absolute Gasteiger partial charge is 0.508 e. The number of halogens is 2. The second-order valence-electron chi connectivity index (χ2n) is 4.23. The van der Waals surface area contributed by atoms with Crippen molar-refractivity contribution >= 4 is 24.8 Å². The van der Waals surface area contributed by atoms with E-state index in [-0.39, 0.29) is 48.4 Å². The summed E-state index contributed by atoms with van der Waals surface area (Å²) in [5, 5.41) is 18.4. The van der Waals surface area contributed by atoms with Crippen molar-refractivity contribution in [2.45, 2.75) is 12.1 Å². The van der Waals surface area contributed by atoms with Gasteiger partial charge in [-0.1, -0.05) is 24.3 Å². The van der Waals surface area contributed by atoms with E-state index in [1.807, 2.05) is 0 Å². The van der Waals surface area contributed by atoms with E-state index in [0.29, 0.717) is 0 Å². The monoisotopic (exact) mass is 316 g/mol. The minimum atomic E-state index is -0.366. The maximum atomic E-state index is 9.22. The third kappa shape index (κ3) is 4.28. The van der Waals surface area contributed by atoms with Crippen molar-refractivity contribution in [2.24, 2.45) is 11.5 Å². The van der Waals surface area contributed by atoms with Gasteiger partial charge in [-0.3, -0.25) is 0 Å². The van der Waals surface area contributed by atoms with Gasteiger partial charge in [0.15, 0.2) is 0 Å². The molecule has 0 amide bonds. The van der Waals surface area contributed by atoms with Gasteiger partial charge in [-0.05, 0) is 35.4 Å². The topological polar surface area (TPSA) is 92.5 Å². The van der Waals surface area contributed by atoms with Gasteiger partial charge < -0.3 is 21.7 Å². The molecule has 0 fully saturated rings. The van der Waals surface area contributed by atoms with Gasteiger partial charge >= 0.3 is 0 Å². The molecule has 2 aromatic carbocycles. The molecule has 6 heteroatoms. The Morgan fingerprint density at radius 1 is 0.600 bits per heavy atom. The molecule has 20 heavy (non-hydrogen) atoms. The first-order valence-electron chi connectivity index (χ1n) is 5.67. The summed E-state index contributed by atoms with van der Waals surface area (Å²) in [5.41, 5.74) is 13.9. The lowest BCUT2D eigenvalue weighted by Gasteiger charge is -2.20. The first-order valence-corrected chi connectivity index (χ1v) is 5.67. The standard InChI is InChI=1S/C14H16N2O2.2ClH/c15-13(9-1-5-11(17)6-2-9)14(16)10-3-7-12(18)8-4-10;;/h1-8,13-14,17-18H,15-16H2;2*1H. The summed E-state index contributed by atoms with van der Waals surface area (Å²) in [6.07, 6.45) is 0. The van der Waals surface area contributed by atoms with Crippen LogP contribution in [-0.4, -0.2) is 10.2 Å². The van der Waals surface area contributed by atoms with Crippen LogP contribution in [0.15, 0.2) is 48.5 Å². The lowest BCUT2D eigenvalue weighted by molar-refractivity contribution is 0.472. The van der Waals surface area contributed by atoms with E-state index in [4.69, 9.17) is 11.5 Å². The third-order valence-electron chi connectivity index (χ3n) is 2.94. The highest BCUT2D eigenvalue weighted by Crippen LogP contribution is 2.26. The van der Waals surface area contributed by atoms with Crippen LogP contribution in [0.2, 0.25) is 0 Å². The van der Waals surface area contributed by atoms with Crippen LogP contribution in [0.3, 0.4) is 0 Å². The average Bonchev–Trinajstić information content (AvgIpc) is 2.39. The molecule has 0 spiro atoms. The van der Waals surface area contributed by atoms with Gasteiger partial charge in [0.2, 0.25) is 0 Å². The number of phenolic OH excluding ortho intramolecular Hbond substituents is 2. The summed E-state index contributed by atoms with van der Waals surface area (Å²) in [4.78, 5) is 0. The lowest BCUT2D eigenvalue weighted by atomic mass is 9.95. The summed E-state index contributed by atoms with van der Waals surface area (Å²) in [6, 6.07) is 12.6. The maximum absolute atomic E-state index is 9.22. The number of benzene rings is 2. The van der Waals surface area contributed by atoms with E-state index >= 15 is 0 Å². The van der Waals surface area contributed by atoms with Crippen LogP contribution in [0.5, 0.6) is 11.5 Å². The molecule has 2 rings (SSSR count). The van der Waals surface area contributed by atoms with Gasteiger partial charge in [0, 0.05) is 12.1 Å². The van der Waals surface area contributed by atoms with Crippen LogP contribution in [-0.2, 0) is 0 Å². The molecule has 0 aromatic heterocycles. The lowest BCUT2D eigenvalue weighted by Crippen LogP contribution is -2.26. The summed E-state index contributed by atoms with van der Waals surface area (Å²) < 4.78 is 0. The zero-order valence-electron chi connectivity index (χ0n) is 10.6. The Morgan fingerprint density at radius 2 is 0.850 bits per heavy atom. The van der Waals surface area contributed by atoms with Crippen LogP contribution in [0.1, 0.15) is 23.2 Å². The number of phenols is 2. The minimum Gasteiger partial charge on any atom is -0.508 e. The Kier molecular flexibility index (Phi) is 7.39. The molecule has 2 atom stereocenters. The van der Waals surface area contributed by atoms with Crippen LogP contribution >= 0.6 is 24.8 Å². The minimum absolute atomic E-state index is 0. The van der Waals surface area contributed by atoms with Gasteiger partial charge in [-0.25, -0.2) is 0 Å². The molecule has 2 unspecified atom stereocenters. The summed E-state index contributed by atoms with van der Waals surface area (Å²) in [7, 11) is 0. The summed E-state index contributed by atoms with van der Waals surface area (Å²) >= 11 is 0. The molecule has 0 aliphatic heterocycles. The highest BCUT2D eigenvalue weighted by atomic mass is 35.5. The molecule has 0 aliphatic carbocycles. The van der Waals surface area contributed by atoms with Crippen LogP contribution in [0.4, 0.5) is 0 Å². The number of hydrogen-bond donors (Lipinski definition) is 4. The molecule has 0 saturated heterocycles. The van der Waals surface area contributed by atoms with Crippen LogP contribution < -0.4 is 11.5 Å². The van der Waals surface area contributed by atoms with Crippen molar-refractivity contribution in [3.8, 4) is 11.5 Å². The SMILES string of the molecule is Cl.Cl.NC(c1ccc(O)cc1)C(N)c1ccc(O)cc1. The van der Waals surface area contributed by atoms with Crippen molar-refractivity contribution in [1.29, 1.82) is 0 Å². The fourth-order valence-corrected chi connectivity index (χ4v) is 1.81. The van der Waals surface area contributed by atoms with E-state index in [1.54, 1.807) is 48.5 Å². The Labute approximate surface area is 130 Å². The Morgan fingerprint density at radius 3 is 1.10 bits per heavy atom. The molecule has 0 saturated carbocycles. The first-order chi connectivity index (χ1) is 8.58. The quantitative estimate of drug-likeness (QED) is 0.700. The number of rotatable bonds is 3. The Hall–Kier alpha value is -1.46. The molecular formula is C14H18Cl2N2O2. The summed E-state index contributed by atoms with van der Waals surface area (Å²) in [5.74, 6) is 0.397.